The first-order valence-electron chi connectivity index (χ1n) is 7.56. The molecule has 0 saturated heterocycles. The highest BCUT2D eigenvalue weighted by molar-refractivity contribution is 6.35. The number of amides is 1. The maximum absolute atomic E-state index is 12.7. The minimum Gasteiger partial charge on any atom is -0.467 e. The molecule has 2 atom stereocenters. The van der Waals surface area contributed by atoms with E-state index in [1.165, 1.54) is 7.11 Å². The number of rotatable bonds is 6. The Kier molecular flexibility index (Phi) is 6.67. The first-order valence-corrected chi connectivity index (χ1v) is 8.32. The lowest BCUT2D eigenvalue weighted by Gasteiger charge is -2.22. The summed E-state index contributed by atoms with van der Waals surface area (Å²) in [5.74, 6) is -0.897. The van der Waals surface area contributed by atoms with Gasteiger partial charge in [0.05, 0.1) is 7.11 Å². The average molecular weight is 381 g/mol. The Morgan fingerprint density at radius 1 is 1.04 bits per heavy atom. The highest BCUT2D eigenvalue weighted by Crippen LogP contribution is 2.26. The van der Waals surface area contributed by atoms with Crippen LogP contribution in [0.1, 0.15) is 18.5 Å². The summed E-state index contributed by atoms with van der Waals surface area (Å²) in [6, 6.07) is 12.6. The smallest absolute Gasteiger partial charge is 0.328 e. The van der Waals surface area contributed by atoms with Crippen LogP contribution < -0.4 is 10.6 Å². The number of ether oxygens (including phenoxy) is 1. The Balaban J connectivity index is 2.27. The first-order chi connectivity index (χ1) is 11.9. The van der Waals surface area contributed by atoms with E-state index in [0.29, 0.717) is 15.7 Å². The molecule has 0 bridgehead atoms. The molecular formula is C18H18Cl2N2O3. The minimum absolute atomic E-state index is 0.375. The Morgan fingerprint density at radius 3 is 2.20 bits per heavy atom. The third-order valence-corrected chi connectivity index (χ3v) is 3.92. The number of carbonyl (C=O) groups is 2. The SMILES string of the molecule is COC(=O)[C@H](C)NC(=O)C(Nc1cc(Cl)cc(Cl)c1)c1ccccc1. The number of hydrogen-bond acceptors (Lipinski definition) is 4. The zero-order valence-corrected chi connectivity index (χ0v) is 15.3. The molecule has 0 fully saturated rings. The van der Waals surface area contributed by atoms with Crippen LogP contribution in [-0.2, 0) is 14.3 Å². The van der Waals surface area contributed by atoms with Gasteiger partial charge in [0.2, 0.25) is 5.91 Å². The van der Waals surface area contributed by atoms with Gasteiger partial charge < -0.3 is 15.4 Å². The molecule has 0 heterocycles. The predicted molar refractivity (Wildman–Crippen MR) is 98.9 cm³/mol. The monoisotopic (exact) mass is 380 g/mol. The van der Waals surface area contributed by atoms with E-state index in [1.54, 1.807) is 25.1 Å². The van der Waals surface area contributed by atoms with E-state index in [2.05, 4.69) is 15.4 Å². The molecule has 0 spiro atoms. The summed E-state index contributed by atoms with van der Waals surface area (Å²) in [5.41, 5.74) is 1.32. The molecule has 1 amide bonds. The summed E-state index contributed by atoms with van der Waals surface area (Å²) in [5, 5.41) is 6.64. The van der Waals surface area contributed by atoms with Crippen molar-refractivity contribution >= 4 is 40.8 Å². The van der Waals surface area contributed by atoms with Gasteiger partial charge in [-0.2, -0.15) is 0 Å². The quantitative estimate of drug-likeness (QED) is 0.747. The highest BCUT2D eigenvalue weighted by atomic mass is 35.5. The van der Waals surface area contributed by atoms with Gasteiger partial charge >= 0.3 is 5.97 Å². The molecule has 0 aromatic heterocycles. The maximum atomic E-state index is 12.7. The minimum atomic E-state index is -0.770. The number of benzene rings is 2. The molecule has 0 saturated carbocycles. The maximum Gasteiger partial charge on any atom is 0.328 e. The number of hydrogen-bond donors (Lipinski definition) is 2. The van der Waals surface area contributed by atoms with Crippen molar-refractivity contribution in [1.82, 2.24) is 5.32 Å². The van der Waals surface area contributed by atoms with Crippen LogP contribution in [0.2, 0.25) is 10.0 Å². The van der Waals surface area contributed by atoms with Gasteiger partial charge in [0.15, 0.2) is 0 Å². The highest BCUT2D eigenvalue weighted by Gasteiger charge is 2.24. The van der Waals surface area contributed by atoms with Crippen molar-refractivity contribution in [3.05, 3.63) is 64.1 Å². The fraction of sp³-hybridized carbons (Fsp3) is 0.222. The largest absolute Gasteiger partial charge is 0.467 e. The normalized spacial score (nSPS) is 12.8. The second-order valence-corrected chi connectivity index (χ2v) is 6.27. The lowest BCUT2D eigenvalue weighted by Crippen LogP contribution is -2.43. The number of methoxy groups -OCH3 is 1. The Labute approximate surface area is 156 Å². The van der Waals surface area contributed by atoms with Crippen molar-refractivity contribution in [3.63, 3.8) is 0 Å². The van der Waals surface area contributed by atoms with Gasteiger partial charge in [-0.05, 0) is 30.7 Å². The summed E-state index contributed by atoms with van der Waals surface area (Å²) in [4.78, 5) is 24.3. The molecule has 0 aliphatic heterocycles. The molecule has 2 aromatic carbocycles. The molecule has 0 aliphatic carbocycles. The van der Waals surface area contributed by atoms with E-state index < -0.39 is 18.1 Å². The van der Waals surface area contributed by atoms with E-state index >= 15 is 0 Å². The standard InChI is InChI=1S/C18H18Cl2N2O3/c1-11(18(24)25-2)21-17(23)16(12-6-4-3-5-7-12)22-15-9-13(19)8-14(20)10-15/h3-11,16,22H,1-2H3,(H,21,23)/t11-,16?/m0/s1. The summed E-state index contributed by atoms with van der Waals surface area (Å²) < 4.78 is 4.64. The summed E-state index contributed by atoms with van der Waals surface area (Å²) >= 11 is 12.0. The second-order valence-electron chi connectivity index (χ2n) is 5.40. The lowest BCUT2D eigenvalue weighted by molar-refractivity contribution is -0.144. The van der Waals surface area contributed by atoms with Crippen molar-refractivity contribution in [2.24, 2.45) is 0 Å². The molecule has 0 aliphatic rings. The average Bonchev–Trinajstić information content (AvgIpc) is 2.58. The lowest BCUT2D eigenvalue weighted by atomic mass is 10.1. The van der Waals surface area contributed by atoms with Crippen LogP contribution in [0.15, 0.2) is 48.5 Å². The molecule has 7 heteroatoms. The summed E-state index contributed by atoms with van der Waals surface area (Å²) in [7, 11) is 1.27. The van der Waals surface area contributed by atoms with Crippen molar-refractivity contribution in [1.29, 1.82) is 0 Å². The van der Waals surface area contributed by atoms with E-state index in [-0.39, 0.29) is 5.91 Å². The van der Waals surface area contributed by atoms with Crippen molar-refractivity contribution in [2.45, 2.75) is 19.0 Å². The fourth-order valence-corrected chi connectivity index (χ4v) is 2.81. The van der Waals surface area contributed by atoms with Gasteiger partial charge in [-0.25, -0.2) is 4.79 Å². The zero-order chi connectivity index (χ0) is 18.4. The number of carbonyl (C=O) groups excluding carboxylic acids is 2. The van der Waals surface area contributed by atoms with Crippen molar-refractivity contribution in [3.8, 4) is 0 Å². The summed E-state index contributed by atoms with van der Waals surface area (Å²) in [6.45, 7) is 1.56. The topological polar surface area (TPSA) is 67.4 Å². The first kappa shape index (κ1) is 19.1. The number of esters is 1. The molecular weight excluding hydrogens is 363 g/mol. The molecule has 5 nitrogen and oxygen atoms in total. The van der Waals surface area contributed by atoms with E-state index in [9.17, 15) is 9.59 Å². The molecule has 2 aromatic rings. The van der Waals surface area contributed by atoms with Gasteiger partial charge in [-0.3, -0.25) is 4.79 Å². The van der Waals surface area contributed by atoms with E-state index in [4.69, 9.17) is 23.2 Å². The van der Waals surface area contributed by atoms with Crippen LogP contribution in [0.4, 0.5) is 5.69 Å². The van der Waals surface area contributed by atoms with E-state index in [1.807, 2.05) is 30.3 Å². The van der Waals surface area contributed by atoms with Gasteiger partial charge in [-0.1, -0.05) is 53.5 Å². The van der Waals surface area contributed by atoms with Gasteiger partial charge in [0.1, 0.15) is 12.1 Å². The predicted octanol–water partition coefficient (Wildman–Crippen LogP) is 3.82. The molecule has 2 N–H and O–H groups in total. The molecule has 0 radical (unpaired) electrons. The summed E-state index contributed by atoms with van der Waals surface area (Å²) in [6.07, 6.45) is 0. The zero-order valence-electron chi connectivity index (χ0n) is 13.8. The van der Waals surface area contributed by atoms with Crippen LogP contribution in [0.5, 0.6) is 0 Å². The fourth-order valence-electron chi connectivity index (χ4n) is 2.28. The molecule has 2 rings (SSSR count). The third kappa shape index (κ3) is 5.37. The van der Waals surface area contributed by atoms with Crippen LogP contribution in [0, 0.1) is 0 Å². The van der Waals surface area contributed by atoms with E-state index in [0.717, 1.165) is 5.56 Å². The number of nitrogens with one attached hydrogen (secondary N) is 2. The molecule has 132 valence electrons. The van der Waals surface area contributed by atoms with Gasteiger partial charge in [0.25, 0.3) is 0 Å². The van der Waals surface area contributed by atoms with Crippen LogP contribution >= 0.6 is 23.2 Å². The Hall–Kier alpha value is -2.24. The van der Waals surface area contributed by atoms with Crippen LogP contribution in [0.3, 0.4) is 0 Å². The Bertz CT molecular complexity index is 733. The van der Waals surface area contributed by atoms with Crippen LogP contribution in [-0.4, -0.2) is 25.0 Å². The molecule has 1 unspecified atom stereocenters. The number of halogens is 2. The molecule has 25 heavy (non-hydrogen) atoms. The second kappa shape index (κ2) is 8.74. The van der Waals surface area contributed by atoms with Gasteiger partial charge in [0, 0.05) is 15.7 Å². The number of anilines is 1. The van der Waals surface area contributed by atoms with Gasteiger partial charge in [-0.15, -0.1) is 0 Å². The van der Waals surface area contributed by atoms with Crippen molar-refractivity contribution in [2.75, 3.05) is 12.4 Å². The third-order valence-electron chi connectivity index (χ3n) is 3.48. The Morgan fingerprint density at radius 2 is 1.64 bits per heavy atom. The van der Waals surface area contributed by atoms with Crippen LogP contribution in [0.25, 0.3) is 0 Å². The van der Waals surface area contributed by atoms with Crippen molar-refractivity contribution < 1.29 is 14.3 Å².